The molecule has 1 nitrogen and oxygen atoms in total. The summed E-state index contributed by atoms with van der Waals surface area (Å²) in [5.74, 6) is 0.764. The van der Waals surface area contributed by atoms with E-state index in [1.807, 2.05) is 0 Å². The van der Waals surface area contributed by atoms with Crippen LogP contribution in [-0.4, -0.2) is 6.61 Å². The Kier molecular flexibility index (Phi) is 11.5. The molecule has 0 spiro atoms. The van der Waals surface area contributed by atoms with Crippen LogP contribution in [0.3, 0.4) is 0 Å². The Hall–Kier alpha value is 0.870. The maximum absolute atomic E-state index is 4.77. The maximum atomic E-state index is 4.77. The van der Waals surface area contributed by atoms with Crippen LogP contribution in [0.4, 0.5) is 0 Å². The van der Waals surface area contributed by atoms with Crippen LogP contribution < -0.4 is 0 Å². The molecule has 8 heavy (non-hydrogen) atoms. The Morgan fingerprint density at radius 3 is 2.12 bits per heavy atom. The van der Waals surface area contributed by atoms with E-state index in [0.29, 0.717) is 0 Å². The van der Waals surface area contributed by atoms with Gasteiger partial charge in [-0.3, -0.25) is 0 Å². The molecule has 0 aromatic rings. The summed E-state index contributed by atoms with van der Waals surface area (Å²) >= 11 is 0. The zero-order chi connectivity index (χ0) is 5.70. The van der Waals surface area contributed by atoms with Gasteiger partial charge in [0.1, 0.15) is 0 Å². The van der Waals surface area contributed by atoms with Crippen molar-refractivity contribution in [2.75, 3.05) is 6.61 Å². The van der Waals surface area contributed by atoms with Gasteiger partial charge in [0.25, 0.3) is 0 Å². The molecule has 52 valence electrons. The van der Waals surface area contributed by atoms with Crippen LogP contribution in [0, 0.1) is 5.92 Å². The van der Waals surface area contributed by atoms with Gasteiger partial charge in [-0.15, -0.1) is 17.0 Å². The lowest BCUT2D eigenvalue weighted by atomic mass is 10.2. The van der Waals surface area contributed by atoms with Gasteiger partial charge in [0.2, 0.25) is 0 Å². The summed E-state index contributed by atoms with van der Waals surface area (Å²) in [7, 11) is 2.24. The first kappa shape index (κ1) is 11.6. The van der Waals surface area contributed by atoms with Crippen molar-refractivity contribution in [1.29, 1.82) is 0 Å². The summed E-state index contributed by atoms with van der Waals surface area (Å²) in [5, 5.41) is 0. The highest BCUT2D eigenvalue weighted by molar-refractivity contribution is 8.93. The molecule has 3 heteroatoms. The van der Waals surface area contributed by atoms with Gasteiger partial charge in [0, 0.05) is 9.47 Å². The van der Waals surface area contributed by atoms with E-state index in [0.717, 1.165) is 18.9 Å². The van der Waals surface area contributed by atoms with Crippen LogP contribution >= 0.6 is 26.4 Å². The third-order valence-electron chi connectivity index (χ3n) is 0.813. The van der Waals surface area contributed by atoms with Gasteiger partial charge < -0.3 is 4.52 Å². The average molecular weight is 201 g/mol. The fourth-order valence-electron chi connectivity index (χ4n) is 0.304. The number of halogens is 1. The lowest BCUT2D eigenvalue weighted by Gasteiger charge is -1.99. The van der Waals surface area contributed by atoms with Crippen molar-refractivity contribution in [1.82, 2.24) is 0 Å². The van der Waals surface area contributed by atoms with Gasteiger partial charge in [-0.1, -0.05) is 13.8 Å². The van der Waals surface area contributed by atoms with Crippen LogP contribution in [-0.2, 0) is 4.52 Å². The van der Waals surface area contributed by atoms with Crippen molar-refractivity contribution in [3.63, 3.8) is 0 Å². The molecular formula is C5H14BrOP. The molecule has 0 amide bonds. The molecule has 0 N–H and O–H groups in total. The molecule has 0 saturated heterocycles. The summed E-state index contributed by atoms with van der Waals surface area (Å²) in [5.41, 5.74) is 0. The first-order valence-electron chi connectivity index (χ1n) is 2.59. The second-order valence-electron chi connectivity index (χ2n) is 2.05. The predicted octanol–water partition coefficient (Wildman–Crippen LogP) is 2.42. The highest BCUT2D eigenvalue weighted by Crippen LogP contribution is 1.99. The lowest BCUT2D eigenvalue weighted by molar-refractivity contribution is 0.333. The Morgan fingerprint density at radius 1 is 1.50 bits per heavy atom. The SMILES string of the molecule is Br.CC(C)CCOP. The van der Waals surface area contributed by atoms with E-state index in [2.05, 4.69) is 23.3 Å². The summed E-state index contributed by atoms with van der Waals surface area (Å²) in [4.78, 5) is 0. The molecule has 0 aliphatic rings. The van der Waals surface area contributed by atoms with E-state index in [4.69, 9.17) is 4.52 Å². The number of hydrogen-bond acceptors (Lipinski definition) is 1. The maximum Gasteiger partial charge on any atom is 0.0504 e. The molecule has 1 unspecified atom stereocenters. The molecule has 0 saturated carbocycles. The zero-order valence-electron chi connectivity index (χ0n) is 5.39. The van der Waals surface area contributed by atoms with E-state index in [-0.39, 0.29) is 17.0 Å². The molecule has 0 heterocycles. The first-order chi connectivity index (χ1) is 3.27. The third-order valence-corrected chi connectivity index (χ3v) is 1.05. The van der Waals surface area contributed by atoms with Gasteiger partial charge in [-0.25, -0.2) is 0 Å². The first-order valence-corrected chi connectivity index (χ1v) is 3.06. The summed E-state index contributed by atoms with van der Waals surface area (Å²) in [6, 6.07) is 0. The Labute approximate surface area is 64.2 Å². The number of hydrogen-bond donors (Lipinski definition) is 0. The minimum absolute atomic E-state index is 0. The van der Waals surface area contributed by atoms with E-state index in [1.165, 1.54) is 0 Å². The average Bonchev–Trinajstić information content (AvgIpc) is 1.61. The molecular weight excluding hydrogens is 187 g/mol. The van der Waals surface area contributed by atoms with Crippen LogP contribution in [0.2, 0.25) is 0 Å². The van der Waals surface area contributed by atoms with Crippen molar-refractivity contribution in [2.45, 2.75) is 20.3 Å². The summed E-state index contributed by atoms with van der Waals surface area (Å²) < 4.78 is 4.77. The largest absolute Gasteiger partial charge is 0.366 e. The van der Waals surface area contributed by atoms with Gasteiger partial charge >= 0.3 is 0 Å². The Morgan fingerprint density at radius 2 is 2.00 bits per heavy atom. The monoisotopic (exact) mass is 200 g/mol. The van der Waals surface area contributed by atoms with Crippen molar-refractivity contribution < 1.29 is 4.52 Å². The molecule has 0 aliphatic heterocycles. The smallest absolute Gasteiger partial charge is 0.0504 e. The summed E-state index contributed by atoms with van der Waals surface area (Å²) in [6.45, 7) is 5.23. The van der Waals surface area contributed by atoms with Crippen molar-refractivity contribution in [2.24, 2.45) is 5.92 Å². The molecule has 1 atom stereocenters. The van der Waals surface area contributed by atoms with E-state index in [9.17, 15) is 0 Å². The summed E-state index contributed by atoms with van der Waals surface area (Å²) in [6.07, 6.45) is 1.16. The van der Waals surface area contributed by atoms with Gasteiger partial charge in [0.05, 0.1) is 6.61 Å². The lowest BCUT2D eigenvalue weighted by Crippen LogP contribution is -1.91. The minimum Gasteiger partial charge on any atom is -0.366 e. The van der Waals surface area contributed by atoms with E-state index in [1.54, 1.807) is 0 Å². The Bertz CT molecular complexity index is 41.4. The standard InChI is InChI=1S/C5H13OP.BrH/c1-5(2)3-4-6-7;/h5H,3-4,7H2,1-2H3;1H. The predicted molar refractivity (Wildman–Crippen MR) is 45.4 cm³/mol. The molecule has 0 aromatic carbocycles. The van der Waals surface area contributed by atoms with Crippen LogP contribution in [0.1, 0.15) is 20.3 Å². The van der Waals surface area contributed by atoms with E-state index >= 15 is 0 Å². The normalized spacial score (nSPS) is 9.00. The highest BCUT2D eigenvalue weighted by Gasteiger charge is 1.89. The molecule has 0 fully saturated rings. The molecule has 0 radical (unpaired) electrons. The molecule has 0 bridgehead atoms. The molecule has 0 aromatic heterocycles. The number of rotatable bonds is 3. The zero-order valence-corrected chi connectivity index (χ0v) is 8.25. The Balaban J connectivity index is 0. The van der Waals surface area contributed by atoms with Crippen LogP contribution in [0.25, 0.3) is 0 Å². The van der Waals surface area contributed by atoms with Crippen molar-refractivity contribution in [3.05, 3.63) is 0 Å². The van der Waals surface area contributed by atoms with Crippen molar-refractivity contribution >= 4 is 26.4 Å². The molecule has 0 aliphatic carbocycles. The second-order valence-corrected chi connectivity index (χ2v) is 2.39. The fourth-order valence-corrected chi connectivity index (χ4v) is 0.440. The third kappa shape index (κ3) is 9.98. The van der Waals surface area contributed by atoms with Gasteiger partial charge in [0.15, 0.2) is 0 Å². The fraction of sp³-hybridized carbons (Fsp3) is 1.00. The van der Waals surface area contributed by atoms with E-state index < -0.39 is 0 Å². The van der Waals surface area contributed by atoms with Gasteiger partial charge in [-0.05, 0) is 12.3 Å². The topological polar surface area (TPSA) is 9.23 Å². The molecule has 0 rings (SSSR count). The van der Waals surface area contributed by atoms with Crippen molar-refractivity contribution in [3.8, 4) is 0 Å². The van der Waals surface area contributed by atoms with Crippen LogP contribution in [0.5, 0.6) is 0 Å². The highest BCUT2D eigenvalue weighted by atomic mass is 79.9. The van der Waals surface area contributed by atoms with Crippen LogP contribution in [0.15, 0.2) is 0 Å². The minimum atomic E-state index is 0. The van der Waals surface area contributed by atoms with Gasteiger partial charge in [-0.2, -0.15) is 0 Å². The second kappa shape index (κ2) is 7.87. The quantitative estimate of drug-likeness (QED) is 0.637.